The lowest BCUT2D eigenvalue weighted by Gasteiger charge is -2.24. The summed E-state index contributed by atoms with van der Waals surface area (Å²) in [6.07, 6.45) is 0. The molecule has 2 rings (SSSR count). The van der Waals surface area contributed by atoms with Gasteiger partial charge in [0.15, 0.2) is 0 Å². The maximum Gasteiger partial charge on any atom is 0.272 e. The maximum atomic E-state index is 13.9. The summed E-state index contributed by atoms with van der Waals surface area (Å²) >= 11 is 0. The number of rotatable bonds is 5. The van der Waals surface area contributed by atoms with E-state index in [2.05, 4.69) is 5.43 Å². The number of nitrogens with zero attached hydrogens (tertiary/aromatic N) is 1. The van der Waals surface area contributed by atoms with Crippen molar-refractivity contribution in [2.75, 3.05) is 18.7 Å². The fourth-order valence-corrected chi connectivity index (χ4v) is 2.04. The molecule has 0 saturated carbocycles. The van der Waals surface area contributed by atoms with Crippen molar-refractivity contribution in [1.82, 2.24) is 5.43 Å². The highest BCUT2D eigenvalue weighted by molar-refractivity contribution is 5.95. The molecule has 0 aliphatic carbocycles. The molecule has 0 aromatic heterocycles. The first-order valence-corrected chi connectivity index (χ1v) is 7.04. The quantitative estimate of drug-likeness (QED) is 0.862. The van der Waals surface area contributed by atoms with Crippen LogP contribution in [0.1, 0.15) is 22.8 Å². The largest absolute Gasteiger partial charge is 0.497 e. The molecule has 2 aromatic carbocycles. The van der Waals surface area contributed by atoms with Gasteiger partial charge in [0.2, 0.25) is 0 Å². The number of halogens is 1. The number of benzene rings is 2. The zero-order valence-corrected chi connectivity index (χ0v) is 12.9. The van der Waals surface area contributed by atoms with Gasteiger partial charge in [0.1, 0.15) is 11.6 Å². The molecule has 0 spiro atoms. The number of hydrazine groups is 1. The molecule has 0 radical (unpaired) electrons. The molecule has 116 valence electrons. The summed E-state index contributed by atoms with van der Waals surface area (Å²) in [5.74, 6) is -0.737. The summed E-state index contributed by atoms with van der Waals surface area (Å²) in [5.41, 5.74) is 4.66. The lowest BCUT2D eigenvalue weighted by atomic mass is 10.2. The Balaban J connectivity index is 2.17. The normalized spacial score (nSPS) is 10.2. The first-order chi connectivity index (χ1) is 10.5. The second kappa shape index (κ2) is 6.93. The predicted octanol–water partition coefficient (Wildman–Crippen LogP) is 3.31. The molecule has 0 unspecified atom stereocenters. The Morgan fingerprint density at radius 3 is 2.45 bits per heavy atom. The Morgan fingerprint density at radius 2 is 1.91 bits per heavy atom. The third kappa shape index (κ3) is 3.55. The summed E-state index contributed by atoms with van der Waals surface area (Å²) < 4.78 is 18.9. The number of hydrogen-bond acceptors (Lipinski definition) is 3. The van der Waals surface area contributed by atoms with Gasteiger partial charge in [-0.2, -0.15) is 0 Å². The first-order valence-electron chi connectivity index (χ1n) is 7.04. The minimum Gasteiger partial charge on any atom is -0.497 e. The molecule has 0 atom stereocenters. The second-order valence-electron chi connectivity index (χ2n) is 4.87. The van der Waals surface area contributed by atoms with Crippen LogP contribution >= 0.6 is 0 Å². The molecule has 0 bridgehead atoms. The number of ether oxygens (including phenoxy) is 1. The standard InChI is InChI=1S/C17H19FN2O2/c1-4-20(13-7-5-12(2)6-8-13)19-17(21)15-10-9-14(22-3)11-16(15)18/h5-11H,4H2,1-3H3,(H,19,21). The molecule has 2 aromatic rings. The van der Waals surface area contributed by atoms with Gasteiger partial charge in [-0.25, -0.2) is 4.39 Å². The van der Waals surface area contributed by atoms with Gasteiger partial charge >= 0.3 is 0 Å². The van der Waals surface area contributed by atoms with Crippen LogP contribution in [0.4, 0.5) is 10.1 Å². The molecule has 0 aliphatic rings. The second-order valence-corrected chi connectivity index (χ2v) is 4.87. The monoisotopic (exact) mass is 302 g/mol. The Hall–Kier alpha value is -2.56. The van der Waals surface area contributed by atoms with Crippen molar-refractivity contribution in [3.8, 4) is 5.75 Å². The van der Waals surface area contributed by atoms with Gasteiger partial charge in [0, 0.05) is 12.6 Å². The van der Waals surface area contributed by atoms with Gasteiger partial charge in [-0.1, -0.05) is 17.7 Å². The molecule has 4 nitrogen and oxygen atoms in total. The molecule has 0 saturated heterocycles. The number of aryl methyl sites for hydroxylation is 1. The van der Waals surface area contributed by atoms with Gasteiger partial charge in [-0.05, 0) is 38.1 Å². The van der Waals surface area contributed by atoms with E-state index in [0.29, 0.717) is 12.3 Å². The smallest absolute Gasteiger partial charge is 0.272 e. The highest BCUT2D eigenvalue weighted by Crippen LogP contribution is 2.17. The van der Waals surface area contributed by atoms with Gasteiger partial charge in [-0.3, -0.25) is 15.2 Å². The van der Waals surface area contributed by atoms with E-state index in [-0.39, 0.29) is 5.56 Å². The van der Waals surface area contributed by atoms with Crippen LogP contribution in [0, 0.1) is 12.7 Å². The number of amides is 1. The van der Waals surface area contributed by atoms with Crippen molar-refractivity contribution in [2.24, 2.45) is 0 Å². The average molecular weight is 302 g/mol. The Bertz CT molecular complexity index is 656. The summed E-state index contributed by atoms with van der Waals surface area (Å²) in [5, 5.41) is 1.67. The van der Waals surface area contributed by atoms with Crippen LogP contribution in [0.5, 0.6) is 5.75 Å². The molecular formula is C17H19FN2O2. The van der Waals surface area contributed by atoms with Crippen LogP contribution in [0.2, 0.25) is 0 Å². The van der Waals surface area contributed by atoms with Crippen LogP contribution in [-0.2, 0) is 0 Å². The number of anilines is 1. The van der Waals surface area contributed by atoms with E-state index in [4.69, 9.17) is 4.74 Å². The minimum absolute atomic E-state index is 0.0219. The van der Waals surface area contributed by atoms with E-state index < -0.39 is 11.7 Å². The summed E-state index contributed by atoms with van der Waals surface area (Å²) in [6.45, 7) is 4.46. The van der Waals surface area contributed by atoms with E-state index in [0.717, 1.165) is 11.3 Å². The zero-order chi connectivity index (χ0) is 16.1. The fraction of sp³-hybridized carbons (Fsp3) is 0.235. The van der Waals surface area contributed by atoms with E-state index in [1.807, 2.05) is 38.1 Å². The Kier molecular flexibility index (Phi) is 4.99. The molecule has 0 aliphatic heterocycles. The molecule has 0 fully saturated rings. The molecule has 22 heavy (non-hydrogen) atoms. The predicted molar refractivity (Wildman–Crippen MR) is 84.6 cm³/mol. The van der Waals surface area contributed by atoms with Crippen molar-refractivity contribution in [3.63, 3.8) is 0 Å². The van der Waals surface area contributed by atoms with E-state index in [9.17, 15) is 9.18 Å². The van der Waals surface area contributed by atoms with Crippen molar-refractivity contribution in [3.05, 3.63) is 59.4 Å². The van der Waals surface area contributed by atoms with Crippen molar-refractivity contribution >= 4 is 11.6 Å². The number of carbonyl (C=O) groups is 1. The first kappa shape index (κ1) is 15.8. The van der Waals surface area contributed by atoms with Gasteiger partial charge in [0.25, 0.3) is 5.91 Å². The molecule has 5 heteroatoms. The van der Waals surface area contributed by atoms with Crippen molar-refractivity contribution < 1.29 is 13.9 Å². The topological polar surface area (TPSA) is 41.6 Å². The highest BCUT2D eigenvalue weighted by atomic mass is 19.1. The Labute approximate surface area is 129 Å². The zero-order valence-electron chi connectivity index (χ0n) is 12.9. The number of nitrogens with one attached hydrogen (secondary N) is 1. The van der Waals surface area contributed by atoms with E-state index in [1.165, 1.54) is 19.2 Å². The van der Waals surface area contributed by atoms with Crippen LogP contribution in [0.3, 0.4) is 0 Å². The van der Waals surface area contributed by atoms with E-state index in [1.54, 1.807) is 11.1 Å². The molecule has 1 N–H and O–H groups in total. The summed E-state index contributed by atoms with van der Waals surface area (Å²) in [7, 11) is 1.45. The summed E-state index contributed by atoms with van der Waals surface area (Å²) in [6, 6.07) is 11.9. The molecular weight excluding hydrogens is 283 g/mol. The number of methoxy groups -OCH3 is 1. The van der Waals surface area contributed by atoms with Crippen LogP contribution in [0.15, 0.2) is 42.5 Å². The van der Waals surface area contributed by atoms with Crippen LogP contribution in [0.25, 0.3) is 0 Å². The van der Waals surface area contributed by atoms with Crippen molar-refractivity contribution in [1.29, 1.82) is 0 Å². The lowest BCUT2D eigenvalue weighted by Crippen LogP contribution is -2.42. The van der Waals surface area contributed by atoms with Crippen LogP contribution in [-0.4, -0.2) is 19.6 Å². The highest BCUT2D eigenvalue weighted by Gasteiger charge is 2.15. The van der Waals surface area contributed by atoms with E-state index >= 15 is 0 Å². The maximum absolute atomic E-state index is 13.9. The third-order valence-electron chi connectivity index (χ3n) is 3.32. The minimum atomic E-state index is -0.614. The Morgan fingerprint density at radius 1 is 1.23 bits per heavy atom. The average Bonchev–Trinajstić information content (AvgIpc) is 2.53. The van der Waals surface area contributed by atoms with Crippen molar-refractivity contribution in [2.45, 2.75) is 13.8 Å². The lowest BCUT2D eigenvalue weighted by molar-refractivity contribution is 0.0945. The SMILES string of the molecule is CCN(NC(=O)c1ccc(OC)cc1F)c1ccc(C)cc1. The van der Waals surface area contributed by atoms with Crippen LogP contribution < -0.4 is 15.2 Å². The number of carbonyl (C=O) groups excluding carboxylic acids is 1. The van der Waals surface area contributed by atoms with Gasteiger partial charge in [0.05, 0.1) is 18.4 Å². The molecule has 1 amide bonds. The van der Waals surface area contributed by atoms with Gasteiger partial charge in [-0.15, -0.1) is 0 Å². The summed E-state index contributed by atoms with van der Waals surface area (Å²) in [4.78, 5) is 12.2. The molecule has 0 heterocycles. The third-order valence-corrected chi connectivity index (χ3v) is 3.32. The van der Waals surface area contributed by atoms with Gasteiger partial charge < -0.3 is 4.74 Å². The number of hydrogen-bond donors (Lipinski definition) is 1. The fourth-order valence-electron chi connectivity index (χ4n) is 2.04.